The lowest BCUT2D eigenvalue weighted by Gasteiger charge is -2.30. The van der Waals surface area contributed by atoms with Crippen LogP contribution in [-0.4, -0.2) is 64.8 Å². The lowest BCUT2D eigenvalue weighted by atomic mass is 10.1. The molecule has 140 valence electrons. The maximum Gasteiger partial charge on any atom is 0.223 e. The first-order valence-corrected chi connectivity index (χ1v) is 9.13. The second-order valence-electron chi connectivity index (χ2n) is 6.77. The van der Waals surface area contributed by atoms with Crippen LogP contribution in [-0.2, 0) is 17.8 Å². The highest BCUT2D eigenvalue weighted by Crippen LogP contribution is 2.21. The Hall–Kier alpha value is -1.89. The van der Waals surface area contributed by atoms with Crippen molar-refractivity contribution in [3.05, 3.63) is 47.8 Å². The number of halogens is 1. The zero-order valence-electron chi connectivity index (χ0n) is 14.9. The molecule has 1 saturated heterocycles. The molecule has 0 unspecified atom stereocenters. The minimum absolute atomic E-state index is 0. The number of benzene rings is 1. The zero-order valence-corrected chi connectivity index (χ0v) is 15.7. The maximum absolute atomic E-state index is 12.3. The van der Waals surface area contributed by atoms with Gasteiger partial charge in [0.1, 0.15) is 0 Å². The molecular formula is C19H26ClN5O. The van der Waals surface area contributed by atoms with Crippen molar-refractivity contribution in [2.24, 2.45) is 0 Å². The average Bonchev–Trinajstić information content (AvgIpc) is 3.10. The number of hydrogen-bond acceptors (Lipinski definition) is 4. The Bertz CT molecular complexity index is 727. The highest BCUT2D eigenvalue weighted by Gasteiger charge is 2.23. The van der Waals surface area contributed by atoms with E-state index in [0.29, 0.717) is 6.42 Å². The third-order valence-corrected chi connectivity index (χ3v) is 5.13. The summed E-state index contributed by atoms with van der Waals surface area (Å²) in [5, 5.41) is 7.87. The van der Waals surface area contributed by atoms with Crippen molar-refractivity contribution < 1.29 is 4.79 Å². The molecule has 0 spiro atoms. The summed E-state index contributed by atoms with van der Waals surface area (Å²) in [6.45, 7) is 6.21. The van der Waals surface area contributed by atoms with Crippen molar-refractivity contribution >= 4 is 18.3 Å². The van der Waals surface area contributed by atoms with E-state index >= 15 is 0 Å². The Kier molecular flexibility index (Phi) is 6.29. The van der Waals surface area contributed by atoms with E-state index in [9.17, 15) is 4.79 Å². The van der Waals surface area contributed by atoms with Crippen LogP contribution in [0.25, 0.3) is 5.69 Å². The van der Waals surface area contributed by atoms with Crippen LogP contribution in [0.2, 0.25) is 0 Å². The predicted molar refractivity (Wildman–Crippen MR) is 104 cm³/mol. The van der Waals surface area contributed by atoms with Crippen LogP contribution in [0.15, 0.2) is 36.5 Å². The predicted octanol–water partition coefficient (Wildman–Crippen LogP) is 1.47. The van der Waals surface area contributed by atoms with E-state index in [-0.39, 0.29) is 18.3 Å². The fourth-order valence-electron chi connectivity index (χ4n) is 3.70. The molecule has 1 aromatic carbocycles. The molecule has 0 atom stereocenters. The molecule has 0 radical (unpaired) electrons. The smallest absolute Gasteiger partial charge is 0.223 e. The summed E-state index contributed by atoms with van der Waals surface area (Å²) in [7, 11) is 0. The molecule has 2 aromatic rings. The molecule has 6 nitrogen and oxygen atoms in total. The highest BCUT2D eigenvalue weighted by molar-refractivity contribution is 5.85. The van der Waals surface area contributed by atoms with Crippen molar-refractivity contribution in [3.63, 3.8) is 0 Å². The van der Waals surface area contributed by atoms with Gasteiger partial charge in [-0.1, -0.05) is 18.2 Å². The van der Waals surface area contributed by atoms with Gasteiger partial charge in [0.2, 0.25) is 5.91 Å². The summed E-state index contributed by atoms with van der Waals surface area (Å²) in [6.07, 6.45) is 3.57. The van der Waals surface area contributed by atoms with Gasteiger partial charge in [0.05, 0.1) is 11.9 Å². The van der Waals surface area contributed by atoms with Crippen LogP contribution < -0.4 is 5.32 Å². The number of nitrogens with zero attached hydrogens (tertiary/aromatic N) is 4. The summed E-state index contributed by atoms with van der Waals surface area (Å²) in [4.78, 5) is 16.7. The van der Waals surface area contributed by atoms with Gasteiger partial charge in [0.15, 0.2) is 0 Å². The van der Waals surface area contributed by atoms with Crippen LogP contribution in [0.1, 0.15) is 17.7 Å². The fraction of sp³-hybridized carbons (Fsp3) is 0.474. The Labute approximate surface area is 160 Å². The van der Waals surface area contributed by atoms with E-state index in [1.165, 1.54) is 11.3 Å². The Morgan fingerprint density at radius 2 is 1.88 bits per heavy atom. The van der Waals surface area contributed by atoms with Crippen LogP contribution in [0.4, 0.5) is 0 Å². The molecule has 2 aliphatic heterocycles. The van der Waals surface area contributed by atoms with Crippen LogP contribution in [0, 0.1) is 0 Å². The maximum atomic E-state index is 12.3. The average molecular weight is 376 g/mol. The van der Waals surface area contributed by atoms with E-state index in [0.717, 1.165) is 57.9 Å². The van der Waals surface area contributed by atoms with Crippen LogP contribution in [0.3, 0.4) is 0 Å². The summed E-state index contributed by atoms with van der Waals surface area (Å²) >= 11 is 0. The number of rotatable bonds is 4. The van der Waals surface area contributed by atoms with E-state index < -0.39 is 0 Å². The van der Waals surface area contributed by atoms with Crippen molar-refractivity contribution in [2.45, 2.75) is 19.4 Å². The normalized spacial score (nSPS) is 17.5. The van der Waals surface area contributed by atoms with E-state index in [4.69, 9.17) is 0 Å². The van der Waals surface area contributed by atoms with Gasteiger partial charge in [-0.3, -0.25) is 9.69 Å². The van der Waals surface area contributed by atoms with Gasteiger partial charge in [-0.25, -0.2) is 4.68 Å². The Balaban J connectivity index is 0.00000196. The first-order chi connectivity index (χ1) is 12.3. The van der Waals surface area contributed by atoms with Crippen molar-refractivity contribution in [1.82, 2.24) is 24.9 Å². The molecule has 1 N–H and O–H groups in total. The molecule has 1 fully saturated rings. The lowest BCUT2D eigenvalue weighted by Crippen LogP contribution is -2.47. The first kappa shape index (κ1) is 18.9. The summed E-state index contributed by atoms with van der Waals surface area (Å²) < 4.78 is 2.05. The number of para-hydroxylation sites is 1. The number of piperazine rings is 1. The molecule has 3 heterocycles. The summed E-state index contributed by atoms with van der Waals surface area (Å²) in [5.41, 5.74) is 3.70. The van der Waals surface area contributed by atoms with Crippen molar-refractivity contribution in [2.75, 3.05) is 39.3 Å². The van der Waals surface area contributed by atoms with Crippen molar-refractivity contribution in [3.8, 4) is 5.69 Å². The molecule has 1 amide bonds. The molecule has 7 heteroatoms. The molecule has 2 aliphatic rings. The molecule has 4 rings (SSSR count). The van der Waals surface area contributed by atoms with Crippen molar-refractivity contribution in [1.29, 1.82) is 0 Å². The van der Waals surface area contributed by atoms with Crippen LogP contribution in [0.5, 0.6) is 0 Å². The Morgan fingerprint density at radius 1 is 1.12 bits per heavy atom. The second kappa shape index (κ2) is 8.66. The standard InChI is InChI=1S/C19H25N5O.ClH/c25-19(23-12-8-20-9-13-23)7-11-22-10-6-18-16(15-22)14-21-24(18)17-4-2-1-3-5-17;/h1-5,14,20H,6-13,15H2;1H. The first-order valence-electron chi connectivity index (χ1n) is 9.13. The summed E-state index contributed by atoms with van der Waals surface area (Å²) in [6, 6.07) is 10.3. The molecule has 1 aromatic heterocycles. The van der Waals surface area contributed by atoms with Gasteiger partial charge in [-0.2, -0.15) is 5.10 Å². The van der Waals surface area contributed by atoms with E-state index in [2.05, 4.69) is 32.1 Å². The minimum atomic E-state index is 0. The van der Waals surface area contributed by atoms with Gasteiger partial charge in [-0.05, 0) is 12.1 Å². The van der Waals surface area contributed by atoms with Gasteiger partial charge in [0.25, 0.3) is 0 Å². The number of amides is 1. The molecular weight excluding hydrogens is 350 g/mol. The van der Waals surface area contributed by atoms with Gasteiger partial charge in [0, 0.05) is 69.9 Å². The van der Waals surface area contributed by atoms with Crippen LogP contribution >= 0.6 is 12.4 Å². The second-order valence-corrected chi connectivity index (χ2v) is 6.77. The third kappa shape index (κ3) is 4.09. The third-order valence-electron chi connectivity index (χ3n) is 5.13. The monoisotopic (exact) mass is 375 g/mol. The van der Waals surface area contributed by atoms with E-state index in [1.54, 1.807) is 0 Å². The molecule has 0 aliphatic carbocycles. The topological polar surface area (TPSA) is 53.4 Å². The van der Waals surface area contributed by atoms with E-state index in [1.807, 2.05) is 29.3 Å². The van der Waals surface area contributed by atoms with Gasteiger partial charge < -0.3 is 10.2 Å². The molecule has 26 heavy (non-hydrogen) atoms. The number of hydrogen-bond donors (Lipinski definition) is 1. The van der Waals surface area contributed by atoms with Gasteiger partial charge >= 0.3 is 0 Å². The number of nitrogens with one attached hydrogen (secondary N) is 1. The summed E-state index contributed by atoms with van der Waals surface area (Å²) in [5.74, 6) is 0.285. The SMILES string of the molecule is Cl.O=C(CCN1CCc2c(cnn2-c2ccccc2)C1)N1CCNCC1. The van der Waals surface area contributed by atoms with Gasteiger partial charge in [-0.15, -0.1) is 12.4 Å². The number of carbonyl (C=O) groups excluding carboxylic acids is 1. The minimum Gasteiger partial charge on any atom is -0.340 e. The number of fused-ring (bicyclic) bond motifs is 1. The Morgan fingerprint density at radius 3 is 2.65 bits per heavy atom. The highest BCUT2D eigenvalue weighted by atomic mass is 35.5. The fourth-order valence-corrected chi connectivity index (χ4v) is 3.70. The number of carbonyl (C=O) groups is 1. The zero-order chi connectivity index (χ0) is 17.1. The largest absolute Gasteiger partial charge is 0.340 e. The quantitative estimate of drug-likeness (QED) is 0.879. The molecule has 0 saturated carbocycles. The lowest BCUT2D eigenvalue weighted by molar-refractivity contribution is -0.132. The number of aromatic nitrogens is 2. The molecule has 0 bridgehead atoms.